The van der Waals surface area contributed by atoms with E-state index in [0.717, 1.165) is 40.9 Å². The van der Waals surface area contributed by atoms with Crippen molar-refractivity contribution in [1.29, 1.82) is 0 Å². The standard InChI is InChI=1S/C12H12BrN3O/c13-9-5-2-1-4-8(9)12-15-14-10-6-3-7-11(17)16(10)12/h1-2,4-5,11,17H,3,6-7H2. The van der Waals surface area contributed by atoms with Crippen LogP contribution in [0.5, 0.6) is 0 Å². The minimum Gasteiger partial charge on any atom is -0.373 e. The van der Waals surface area contributed by atoms with Crippen LogP contribution in [0.1, 0.15) is 24.9 Å². The molecule has 1 aliphatic heterocycles. The summed E-state index contributed by atoms with van der Waals surface area (Å²) in [6, 6.07) is 7.85. The molecule has 0 saturated carbocycles. The van der Waals surface area contributed by atoms with Gasteiger partial charge in [-0.25, -0.2) is 0 Å². The van der Waals surface area contributed by atoms with Gasteiger partial charge < -0.3 is 5.11 Å². The molecule has 0 spiro atoms. The molecular weight excluding hydrogens is 282 g/mol. The third-order valence-electron chi connectivity index (χ3n) is 3.04. The smallest absolute Gasteiger partial charge is 0.167 e. The molecule has 1 unspecified atom stereocenters. The second kappa shape index (κ2) is 4.23. The minimum atomic E-state index is -0.504. The van der Waals surface area contributed by atoms with E-state index in [1.807, 2.05) is 28.8 Å². The first-order chi connectivity index (χ1) is 8.27. The Labute approximate surface area is 107 Å². The molecule has 17 heavy (non-hydrogen) atoms. The summed E-state index contributed by atoms with van der Waals surface area (Å²) >= 11 is 3.50. The highest BCUT2D eigenvalue weighted by Gasteiger charge is 2.24. The molecule has 1 aromatic heterocycles. The molecule has 0 radical (unpaired) electrons. The lowest BCUT2D eigenvalue weighted by Gasteiger charge is -2.21. The van der Waals surface area contributed by atoms with Crippen LogP contribution in [0.4, 0.5) is 0 Å². The van der Waals surface area contributed by atoms with Gasteiger partial charge in [-0.2, -0.15) is 0 Å². The zero-order valence-electron chi connectivity index (χ0n) is 9.17. The van der Waals surface area contributed by atoms with Crippen molar-refractivity contribution < 1.29 is 5.11 Å². The quantitative estimate of drug-likeness (QED) is 0.879. The fraction of sp³-hybridized carbons (Fsp3) is 0.333. The Morgan fingerprint density at radius 1 is 1.29 bits per heavy atom. The molecular formula is C12H12BrN3O. The van der Waals surface area contributed by atoms with Gasteiger partial charge in [0.1, 0.15) is 12.1 Å². The highest BCUT2D eigenvalue weighted by Crippen LogP contribution is 2.32. The number of aromatic nitrogens is 3. The van der Waals surface area contributed by atoms with Crippen LogP contribution in [0, 0.1) is 0 Å². The number of hydrogen-bond donors (Lipinski definition) is 1. The summed E-state index contributed by atoms with van der Waals surface area (Å²) < 4.78 is 2.80. The van der Waals surface area contributed by atoms with Gasteiger partial charge in [-0.1, -0.05) is 34.1 Å². The van der Waals surface area contributed by atoms with Gasteiger partial charge in [-0.15, -0.1) is 10.2 Å². The Kier molecular flexibility index (Phi) is 2.72. The Morgan fingerprint density at radius 2 is 2.12 bits per heavy atom. The molecule has 0 aliphatic carbocycles. The van der Waals surface area contributed by atoms with E-state index in [2.05, 4.69) is 26.1 Å². The third-order valence-corrected chi connectivity index (χ3v) is 3.73. The summed E-state index contributed by atoms with van der Waals surface area (Å²) in [7, 11) is 0. The number of fused-ring (bicyclic) bond motifs is 1. The average molecular weight is 294 g/mol. The molecule has 1 N–H and O–H groups in total. The van der Waals surface area contributed by atoms with E-state index in [1.165, 1.54) is 0 Å². The minimum absolute atomic E-state index is 0.504. The van der Waals surface area contributed by atoms with E-state index in [9.17, 15) is 5.11 Å². The summed E-state index contributed by atoms with van der Waals surface area (Å²) in [5.74, 6) is 1.61. The van der Waals surface area contributed by atoms with Crippen LogP contribution in [0.3, 0.4) is 0 Å². The van der Waals surface area contributed by atoms with Crippen LogP contribution < -0.4 is 0 Å². The number of rotatable bonds is 1. The number of aliphatic hydroxyl groups excluding tert-OH is 1. The van der Waals surface area contributed by atoms with E-state index in [4.69, 9.17) is 0 Å². The maximum absolute atomic E-state index is 10.1. The molecule has 0 saturated heterocycles. The van der Waals surface area contributed by atoms with Crippen LogP contribution in [0.2, 0.25) is 0 Å². The lowest BCUT2D eigenvalue weighted by Crippen LogP contribution is -2.18. The maximum Gasteiger partial charge on any atom is 0.167 e. The fourth-order valence-electron chi connectivity index (χ4n) is 2.21. The van der Waals surface area contributed by atoms with Gasteiger partial charge in [0.05, 0.1) is 0 Å². The van der Waals surface area contributed by atoms with Crippen molar-refractivity contribution in [3.8, 4) is 11.4 Å². The molecule has 2 aromatic rings. The summed E-state index contributed by atoms with van der Waals surface area (Å²) in [5, 5.41) is 18.4. The molecule has 2 heterocycles. The number of halogens is 1. The fourth-order valence-corrected chi connectivity index (χ4v) is 2.67. The molecule has 88 valence electrons. The number of hydrogen-bond acceptors (Lipinski definition) is 3. The van der Waals surface area contributed by atoms with Crippen molar-refractivity contribution in [2.24, 2.45) is 0 Å². The van der Waals surface area contributed by atoms with Crippen molar-refractivity contribution in [1.82, 2.24) is 14.8 Å². The summed E-state index contributed by atoms with van der Waals surface area (Å²) in [4.78, 5) is 0. The van der Waals surface area contributed by atoms with Crippen LogP contribution in [-0.4, -0.2) is 19.9 Å². The van der Waals surface area contributed by atoms with Crippen molar-refractivity contribution in [2.75, 3.05) is 0 Å². The van der Waals surface area contributed by atoms with Crippen LogP contribution in [0.25, 0.3) is 11.4 Å². The molecule has 5 heteroatoms. The first kappa shape index (κ1) is 10.9. The first-order valence-corrected chi connectivity index (χ1v) is 6.43. The Bertz CT molecular complexity index is 552. The van der Waals surface area contributed by atoms with Crippen molar-refractivity contribution in [3.05, 3.63) is 34.6 Å². The van der Waals surface area contributed by atoms with E-state index in [1.54, 1.807) is 0 Å². The second-order valence-corrected chi connectivity index (χ2v) is 5.02. The van der Waals surface area contributed by atoms with E-state index < -0.39 is 6.23 Å². The van der Waals surface area contributed by atoms with Crippen molar-refractivity contribution in [2.45, 2.75) is 25.5 Å². The third kappa shape index (κ3) is 1.79. The molecule has 4 nitrogen and oxygen atoms in total. The molecule has 1 aromatic carbocycles. The van der Waals surface area contributed by atoms with Gasteiger partial charge in [0.15, 0.2) is 5.82 Å². The summed E-state index contributed by atoms with van der Waals surface area (Å²) in [6.45, 7) is 0. The topological polar surface area (TPSA) is 50.9 Å². The van der Waals surface area contributed by atoms with E-state index >= 15 is 0 Å². The van der Waals surface area contributed by atoms with Gasteiger partial charge in [0, 0.05) is 16.5 Å². The second-order valence-electron chi connectivity index (χ2n) is 4.16. The molecule has 1 aliphatic rings. The van der Waals surface area contributed by atoms with Gasteiger partial charge in [0.25, 0.3) is 0 Å². The summed E-state index contributed by atoms with van der Waals surface area (Å²) in [6.07, 6.45) is 2.11. The lowest BCUT2D eigenvalue weighted by molar-refractivity contribution is 0.0796. The van der Waals surface area contributed by atoms with E-state index in [-0.39, 0.29) is 0 Å². The van der Waals surface area contributed by atoms with Crippen molar-refractivity contribution in [3.63, 3.8) is 0 Å². The first-order valence-electron chi connectivity index (χ1n) is 5.64. The molecule has 3 rings (SSSR count). The van der Waals surface area contributed by atoms with Gasteiger partial charge in [0.2, 0.25) is 0 Å². The zero-order chi connectivity index (χ0) is 11.8. The van der Waals surface area contributed by atoms with E-state index in [0.29, 0.717) is 0 Å². The highest BCUT2D eigenvalue weighted by molar-refractivity contribution is 9.10. The molecule has 1 atom stereocenters. The number of benzene rings is 1. The summed E-state index contributed by atoms with van der Waals surface area (Å²) in [5.41, 5.74) is 0.965. The Morgan fingerprint density at radius 3 is 2.94 bits per heavy atom. The monoisotopic (exact) mass is 293 g/mol. The van der Waals surface area contributed by atoms with Crippen LogP contribution in [-0.2, 0) is 6.42 Å². The van der Waals surface area contributed by atoms with Crippen molar-refractivity contribution >= 4 is 15.9 Å². The predicted molar refractivity (Wildman–Crippen MR) is 67.4 cm³/mol. The largest absolute Gasteiger partial charge is 0.373 e. The van der Waals surface area contributed by atoms with Crippen LogP contribution >= 0.6 is 15.9 Å². The number of aliphatic hydroxyl groups is 1. The Hall–Kier alpha value is -1.20. The van der Waals surface area contributed by atoms with Gasteiger partial charge in [-0.3, -0.25) is 4.57 Å². The molecule has 0 bridgehead atoms. The van der Waals surface area contributed by atoms with Gasteiger partial charge in [-0.05, 0) is 18.9 Å². The number of nitrogens with zero attached hydrogens (tertiary/aromatic N) is 3. The average Bonchev–Trinajstić information content (AvgIpc) is 2.75. The molecule has 0 fully saturated rings. The maximum atomic E-state index is 10.1. The lowest BCUT2D eigenvalue weighted by atomic mass is 10.1. The Balaban J connectivity index is 2.17. The highest BCUT2D eigenvalue weighted by atomic mass is 79.9. The normalized spacial score (nSPS) is 19.1. The number of aryl methyl sites for hydroxylation is 1. The van der Waals surface area contributed by atoms with Gasteiger partial charge >= 0.3 is 0 Å². The zero-order valence-corrected chi connectivity index (χ0v) is 10.8. The SMILES string of the molecule is OC1CCCc2nnc(-c3ccccc3Br)n21. The van der Waals surface area contributed by atoms with Crippen LogP contribution in [0.15, 0.2) is 28.7 Å². The predicted octanol–water partition coefficient (Wildman–Crippen LogP) is 2.53. The molecule has 0 amide bonds.